The second-order valence-electron chi connectivity index (χ2n) is 0.729. The first-order valence-corrected chi connectivity index (χ1v) is 2.67. The van der Waals surface area contributed by atoms with Gasteiger partial charge in [-0.2, -0.15) is 0 Å². The first kappa shape index (κ1) is 7.90. The number of carbonyl (C=O) groups excluding carboxylic acids is 2. The van der Waals surface area contributed by atoms with Crippen LogP contribution >= 0.6 is 32.5 Å². The van der Waals surface area contributed by atoms with Crippen molar-refractivity contribution in [3.05, 3.63) is 0 Å². The zero-order valence-electron chi connectivity index (χ0n) is 3.39. The highest BCUT2D eigenvalue weighted by Gasteiger charge is 2.14. The fourth-order valence-corrected chi connectivity index (χ4v) is 0.327. The summed E-state index contributed by atoms with van der Waals surface area (Å²) in [5.74, 6) is -2.22. The average molecular weight is 248 g/mol. The zero-order valence-corrected chi connectivity index (χ0v) is 6.56. The molecule has 0 aliphatic rings. The molecule has 0 atom stereocenters. The molecule has 0 bridgehead atoms. The van der Waals surface area contributed by atoms with Crippen LogP contribution in [0.25, 0.3) is 0 Å². The molecule has 0 heterocycles. The molecule has 0 amide bonds. The van der Waals surface area contributed by atoms with E-state index in [9.17, 15) is 9.59 Å². The van der Waals surface area contributed by atoms with Gasteiger partial charge in [-0.05, 0) is 0 Å². The predicted octanol–water partition coefficient (Wildman–Crippen LogP) is 0.693. The van der Waals surface area contributed by atoms with Gasteiger partial charge in [0.1, 0.15) is 0 Å². The fourth-order valence-electron chi connectivity index (χ4n) is 0.0630. The summed E-state index contributed by atoms with van der Waals surface area (Å²) >= 11 is 4.57. The van der Waals surface area contributed by atoms with Crippen LogP contribution < -0.4 is 0 Å². The maximum atomic E-state index is 9.97. The first-order chi connectivity index (χ1) is 3.72. The Morgan fingerprint density at radius 2 is 1.25 bits per heavy atom. The molecule has 0 aliphatic carbocycles. The Balaban J connectivity index is 3.64. The molecule has 6 heteroatoms. The van der Waals surface area contributed by atoms with Crippen LogP contribution in [0.2, 0.25) is 0 Å². The predicted molar refractivity (Wildman–Crippen MR) is 30.0 cm³/mol. The maximum absolute atomic E-state index is 9.97. The highest BCUT2D eigenvalue weighted by Crippen LogP contribution is 1.92. The average Bonchev–Trinajstić information content (AvgIpc) is 1.84. The van der Waals surface area contributed by atoms with Crippen LogP contribution in [0.4, 0.5) is 0 Å². The van der Waals surface area contributed by atoms with Gasteiger partial charge < -0.3 is 7.66 Å². The molecule has 0 N–H and O–H groups in total. The summed E-state index contributed by atoms with van der Waals surface area (Å²) in [4.78, 5) is 19.9. The van der Waals surface area contributed by atoms with E-state index in [1.54, 1.807) is 0 Å². The zero-order chi connectivity index (χ0) is 6.57. The largest absolute Gasteiger partial charge is 0.429 e. The summed E-state index contributed by atoms with van der Waals surface area (Å²) in [6.07, 6.45) is 0. The summed E-state index contributed by atoms with van der Waals surface area (Å²) < 4.78 is 7.54. The molecule has 0 aliphatic heterocycles. The number of halogens is 2. The van der Waals surface area contributed by atoms with E-state index in [4.69, 9.17) is 0 Å². The van der Waals surface area contributed by atoms with E-state index in [1.165, 1.54) is 0 Å². The third-order valence-electron chi connectivity index (χ3n) is 0.307. The Kier molecular flexibility index (Phi) is 3.80. The minimum Gasteiger partial charge on any atom is -0.375 e. The Labute approximate surface area is 62.0 Å². The van der Waals surface area contributed by atoms with Crippen molar-refractivity contribution in [1.29, 1.82) is 0 Å². The van der Waals surface area contributed by atoms with Gasteiger partial charge >= 0.3 is 11.9 Å². The lowest BCUT2D eigenvalue weighted by atomic mass is 10.7. The Morgan fingerprint density at radius 1 is 1.00 bits per heavy atom. The van der Waals surface area contributed by atoms with E-state index < -0.39 is 11.9 Å². The lowest BCUT2D eigenvalue weighted by Gasteiger charge is -1.87. The molecule has 0 aromatic rings. The lowest BCUT2D eigenvalue weighted by Crippen LogP contribution is -2.12. The SMILES string of the molecule is O=C(OBr)C(=O)OBr. The van der Waals surface area contributed by atoms with Crippen molar-refractivity contribution in [2.75, 3.05) is 0 Å². The highest BCUT2D eigenvalue weighted by atomic mass is 79.9. The third-order valence-corrected chi connectivity index (χ3v) is 0.895. The molecular weight excluding hydrogens is 248 g/mol. The molecule has 8 heavy (non-hydrogen) atoms. The van der Waals surface area contributed by atoms with Crippen molar-refractivity contribution in [3.8, 4) is 0 Å². The Bertz CT molecular complexity index is 96.6. The number of hydrogen-bond acceptors (Lipinski definition) is 4. The van der Waals surface area contributed by atoms with Crippen molar-refractivity contribution < 1.29 is 17.2 Å². The molecule has 0 rings (SSSR count). The van der Waals surface area contributed by atoms with Gasteiger partial charge in [-0.1, -0.05) is 0 Å². The van der Waals surface area contributed by atoms with Crippen molar-refractivity contribution in [1.82, 2.24) is 0 Å². The molecule has 0 saturated heterocycles. The first-order valence-electron chi connectivity index (χ1n) is 1.38. The van der Waals surface area contributed by atoms with E-state index in [-0.39, 0.29) is 0 Å². The second-order valence-corrected chi connectivity index (χ2v) is 1.38. The van der Waals surface area contributed by atoms with Gasteiger partial charge in [-0.15, -0.1) is 0 Å². The fraction of sp³-hybridized carbons (Fsp3) is 0. The van der Waals surface area contributed by atoms with E-state index in [0.717, 1.165) is 0 Å². The molecule has 0 unspecified atom stereocenters. The molecule has 0 spiro atoms. The molecule has 0 aromatic carbocycles. The minimum atomic E-state index is -1.11. The molecule has 46 valence electrons. The summed E-state index contributed by atoms with van der Waals surface area (Å²) in [5, 5.41) is 0. The molecule has 0 saturated carbocycles. The lowest BCUT2D eigenvalue weighted by molar-refractivity contribution is -0.153. The summed E-state index contributed by atoms with van der Waals surface area (Å²) in [5.41, 5.74) is 0. The standard InChI is InChI=1S/C2Br2O4/c3-7-1(5)2(6)8-4. The number of carbonyl (C=O) groups is 2. The normalized spacial score (nSPS) is 7.75. The highest BCUT2D eigenvalue weighted by molar-refractivity contribution is 9.06. The molecular formula is C2Br2O4. The van der Waals surface area contributed by atoms with Crippen LogP contribution in [0, 0.1) is 0 Å². The van der Waals surface area contributed by atoms with Crippen molar-refractivity contribution >= 4 is 44.5 Å². The van der Waals surface area contributed by atoms with Crippen LogP contribution in [-0.4, -0.2) is 11.9 Å². The van der Waals surface area contributed by atoms with Gasteiger partial charge in [0.2, 0.25) is 0 Å². The van der Waals surface area contributed by atoms with Gasteiger partial charge in [0.15, 0.2) is 32.5 Å². The minimum absolute atomic E-state index is 1.11. The Morgan fingerprint density at radius 3 is 1.38 bits per heavy atom. The van der Waals surface area contributed by atoms with Crippen LogP contribution in [0.3, 0.4) is 0 Å². The smallest absolute Gasteiger partial charge is 0.375 e. The quantitative estimate of drug-likeness (QED) is 0.592. The van der Waals surface area contributed by atoms with Crippen molar-refractivity contribution in [3.63, 3.8) is 0 Å². The summed E-state index contributed by atoms with van der Waals surface area (Å²) in [7, 11) is 0. The van der Waals surface area contributed by atoms with Gasteiger partial charge in [0.05, 0.1) is 0 Å². The third kappa shape index (κ3) is 2.27. The number of rotatable bonds is 0. The van der Waals surface area contributed by atoms with Gasteiger partial charge in [0, 0.05) is 0 Å². The van der Waals surface area contributed by atoms with Crippen LogP contribution in [-0.2, 0) is 17.2 Å². The molecule has 0 radical (unpaired) electrons. The monoisotopic (exact) mass is 246 g/mol. The summed E-state index contributed by atoms with van der Waals surface area (Å²) in [6.45, 7) is 0. The van der Waals surface area contributed by atoms with Gasteiger partial charge in [-0.25, -0.2) is 9.59 Å². The van der Waals surface area contributed by atoms with E-state index in [2.05, 4.69) is 40.2 Å². The van der Waals surface area contributed by atoms with Crippen molar-refractivity contribution in [2.45, 2.75) is 0 Å². The van der Waals surface area contributed by atoms with Crippen LogP contribution in [0.1, 0.15) is 0 Å². The second kappa shape index (κ2) is 3.85. The summed E-state index contributed by atoms with van der Waals surface area (Å²) in [6, 6.07) is 0. The van der Waals surface area contributed by atoms with Crippen molar-refractivity contribution in [2.24, 2.45) is 0 Å². The molecule has 4 nitrogen and oxygen atoms in total. The van der Waals surface area contributed by atoms with Gasteiger partial charge in [0.25, 0.3) is 0 Å². The van der Waals surface area contributed by atoms with E-state index >= 15 is 0 Å². The molecule has 0 fully saturated rings. The van der Waals surface area contributed by atoms with Crippen LogP contribution in [0.5, 0.6) is 0 Å². The number of hydrogen-bond donors (Lipinski definition) is 0. The Hall–Kier alpha value is -0.100. The molecule has 0 aromatic heterocycles. The van der Waals surface area contributed by atoms with E-state index in [1.807, 2.05) is 0 Å². The van der Waals surface area contributed by atoms with Crippen LogP contribution in [0.15, 0.2) is 0 Å². The van der Waals surface area contributed by atoms with E-state index in [0.29, 0.717) is 0 Å². The van der Waals surface area contributed by atoms with Gasteiger partial charge in [-0.3, -0.25) is 0 Å². The topological polar surface area (TPSA) is 52.6 Å². The maximum Gasteiger partial charge on any atom is 0.429 e.